The predicted molar refractivity (Wildman–Crippen MR) is 81.5 cm³/mol. The molecule has 0 unspecified atom stereocenters. The molecule has 0 aliphatic heterocycles. The Labute approximate surface area is 131 Å². The Morgan fingerprint density at radius 1 is 1.30 bits per heavy atom. The van der Waals surface area contributed by atoms with Gasteiger partial charge in [0.25, 0.3) is 0 Å². The summed E-state index contributed by atoms with van der Waals surface area (Å²) in [6.45, 7) is 0. The lowest BCUT2D eigenvalue weighted by atomic mass is 10.1. The summed E-state index contributed by atoms with van der Waals surface area (Å²) in [5, 5.41) is 13.7. The van der Waals surface area contributed by atoms with Gasteiger partial charge in [-0.15, -0.1) is 0 Å². The van der Waals surface area contributed by atoms with Crippen molar-refractivity contribution >= 4 is 11.4 Å². The fraction of sp³-hybridized carbons (Fsp3) is 0.235. The van der Waals surface area contributed by atoms with Crippen LogP contribution in [0.3, 0.4) is 0 Å². The van der Waals surface area contributed by atoms with Crippen molar-refractivity contribution in [3.8, 4) is 17.0 Å². The molecule has 4 rings (SSSR count). The van der Waals surface area contributed by atoms with Crippen LogP contribution in [0.25, 0.3) is 16.9 Å². The Hall–Kier alpha value is -2.76. The van der Waals surface area contributed by atoms with Crippen molar-refractivity contribution in [2.75, 3.05) is 0 Å². The molecule has 1 aromatic carbocycles. The Bertz CT molecular complexity index is 915. The third kappa shape index (κ3) is 2.56. The minimum atomic E-state index is -0.691. The highest BCUT2D eigenvalue weighted by Crippen LogP contribution is 2.31. The molecule has 2 aromatic heterocycles. The normalized spacial score (nSPS) is 14.3. The van der Waals surface area contributed by atoms with E-state index in [-0.39, 0.29) is 18.1 Å². The number of aromatic hydroxyl groups is 1. The van der Waals surface area contributed by atoms with Crippen LogP contribution in [0, 0.1) is 11.7 Å². The number of rotatable bonds is 4. The van der Waals surface area contributed by atoms with Gasteiger partial charge >= 0.3 is 0 Å². The molecule has 116 valence electrons. The van der Waals surface area contributed by atoms with Gasteiger partial charge in [0.2, 0.25) is 0 Å². The van der Waals surface area contributed by atoms with Crippen molar-refractivity contribution < 1.29 is 14.3 Å². The maximum Gasteiger partial charge on any atom is 0.165 e. The SMILES string of the molecule is O=C(Cc1nc2cccc(-c3ccc(O)c(F)c3)n2n1)C1CC1. The molecule has 0 radical (unpaired) electrons. The molecule has 5 nitrogen and oxygen atoms in total. The zero-order valence-electron chi connectivity index (χ0n) is 12.2. The average molecular weight is 311 g/mol. The van der Waals surface area contributed by atoms with E-state index in [2.05, 4.69) is 10.1 Å². The Kier molecular flexibility index (Phi) is 3.11. The molecule has 1 aliphatic rings. The summed E-state index contributed by atoms with van der Waals surface area (Å²) < 4.78 is 15.2. The van der Waals surface area contributed by atoms with Gasteiger partial charge in [-0.3, -0.25) is 4.79 Å². The molecular weight excluding hydrogens is 297 g/mol. The van der Waals surface area contributed by atoms with Crippen LogP contribution in [0.15, 0.2) is 36.4 Å². The molecule has 1 saturated carbocycles. The third-order valence-electron chi connectivity index (χ3n) is 4.01. The van der Waals surface area contributed by atoms with Crippen LogP contribution in [0.1, 0.15) is 18.7 Å². The summed E-state index contributed by atoms with van der Waals surface area (Å²) in [5.41, 5.74) is 1.84. The van der Waals surface area contributed by atoms with E-state index in [0.717, 1.165) is 12.8 Å². The third-order valence-corrected chi connectivity index (χ3v) is 4.01. The first-order valence-corrected chi connectivity index (χ1v) is 7.48. The number of halogens is 1. The fourth-order valence-electron chi connectivity index (χ4n) is 2.61. The number of carbonyl (C=O) groups is 1. The van der Waals surface area contributed by atoms with E-state index in [0.29, 0.717) is 22.7 Å². The summed E-state index contributed by atoms with van der Waals surface area (Å²) in [5.74, 6) is -0.252. The van der Waals surface area contributed by atoms with Crippen LogP contribution in [-0.2, 0) is 11.2 Å². The molecule has 1 fully saturated rings. The minimum absolute atomic E-state index is 0.173. The van der Waals surface area contributed by atoms with Crippen molar-refractivity contribution in [2.45, 2.75) is 19.3 Å². The number of aromatic nitrogens is 3. The minimum Gasteiger partial charge on any atom is -0.505 e. The monoisotopic (exact) mass is 311 g/mol. The zero-order chi connectivity index (χ0) is 16.0. The molecule has 0 saturated heterocycles. The van der Waals surface area contributed by atoms with Crippen molar-refractivity contribution in [3.63, 3.8) is 0 Å². The molecule has 2 heterocycles. The second-order valence-electron chi connectivity index (χ2n) is 5.79. The molecular formula is C17H14FN3O2. The first-order chi connectivity index (χ1) is 11.1. The molecule has 0 atom stereocenters. The van der Waals surface area contributed by atoms with Crippen LogP contribution >= 0.6 is 0 Å². The first kappa shape index (κ1) is 13.9. The zero-order valence-corrected chi connectivity index (χ0v) is 12.2. The molecule has 1 aliphatic carbocycles. The number of ketones is 1. The number of phenolic OH excluding ortho intramolecular Hbond substituents is 1. The molecule has 0 bridgehead atoms. The number of phenols is 1. The van der Waals surface area contributed by atoms with Gasteiger partial charge in [-0.1, -0.05) is 6.07 Å². The van der Waals surface area contributed by atoms with Gasteiger partial charge in [-0.25, -0.2) is 13.9 Å². The Balaban J connectivity index is 1.75. The highest BCUT2D eigenvalue weighted by atomic mass is 19.1. The first-order valence-electron chi connectivity index (χ1n) is 7.48. The number of nitrogens with zero attached hydrogens (tertiary/aromatic N) is 3. The van der Waals surface area contributed by atoms with Crippen LogP contribution in [0.5, 0.6) is 5.75 Å². The van der Waals surface area contributed by atoms with E-state index in [4.69, 9.17) is 0 Å². The summed E-state index contributed by atoms with van der Waals surface area (Å²) in [6.07, 6.45) is 2.16. The van der Waals surface area contributed by atoms with E-state index in [1.807, 2.05) is 0 Å². The van der Waals surface area contributed by atoms with Gasteiger partial charge in [0, 0.05) is 11.5 Å². The van der Waals surface area contributed by atoms with Crippen molar-refractivity contribution in [1.82, 2.24) is 14.6 Å². The molecule has 1 N–H and O–H groups in total. The highest BCUT2D eigenvalue weighted by Gasteiger charge is 2.30. The van der Waals surface area contributed by atoms with Crippen LogP contribution in [0.4, 0.5) is 4.39 Å². The van der Waals surface area contributed by atoms with E-state index in [9.17, 15) is 14.3 Å². The number of hydrogen-bond acceptors (Lipinski definition) is 4. The Morgan fingerprint density at radius 3 is 2.87 bits per heavy atom. The summed E-state index contributed by atoms with van der Waals surface area (Å²) >= 11 is 0. The number of benzene rings is 1. The summed E-state index contributed by atoms with van der Waals surface area (Å²) in [6, 6.07) is 9.55. The number of pyridine rings is 1. The number of Topliss-reactive ketones (excluding diaryl/α,β-unsaturated/α-hetero) is 1. The lowest BCUT2D eigenvalue weighted by Gasteiger charge is -2.05. The molecule has 3 aromatic rings. The quantitative estimate of drug-likeness (QED) is 0.804. The van der Waals surface area contributed by atoms with Gasteiger partial charge in [0.15, 0.2) is 23.0 Å². The van der Waals surface area contributed by atoms with E-state index >= 15 is 0 Å². The van der Waals surface area contributed by atoms with E-state index in [1.165, 1.54) is 12.1 Å². The predicted octanol–water partition coefficient (Wildman–Crippen LogP) is 2.76. The topological polar surface area (TPSA) is 67.5 Å². The van der Waals surface area contributed by atoms with Crippen molar-refractivity contribution in [1.29, 1.82) is 0 Å². The lowest BCUT2D eigenvalue weighted by Crippen LogP contribution is -2.06. The molecule has 6 heteroatoms. The number of fused-ring (bicyclic) bond motifs is 1. The standard InChI is InChI=1S/C17H14FN3O2/c18-12-8-11(6-7-14(12)22)13-2-1-3-17-19-16(20-21(13)17)9-15(23)10-4-5-10/h1-3,6-8,10,22H,4-5,9H2. The Morgan fingerprint density at radius 2 is 2.13 bits per heavy atom. The van der Waals surface area contributed by atoms with Gasteiger partial charge in [0.05, 0.1) is 12.1 Å². The van der Waals surface area contributed by atoms with Crippen LogP contribution in [0.2, 0.25) is 0 Å². The lowest BCUT2D eigenvalue weighted by molar-refractivity contribution is -0.119. The fourth-order valence-corrected chi connectivity index (χ4v) is 2.61. The number of carbonyl (C=O) groups excluding carboxylic acids is 1. The van der Waals surface area contributed by atoms with Crippen LogP contribution < -0.4 is 0 Å². The van der Waals surface area contributed by atoms with Crippen molar-refractivity contribution in [2.24, 2.45) is 5.92 Å². The molecule has 0 spiro atoms. The van der Waals surface area contributed by atoms with Crippen LogP contribution in [-0.4, -0.2) is 25.5 Å². The largest absolute Gasteiger partial charge is 0.505 e. The maximum absolute atomic E-state index is 13.6. The van der Waals surface area contributed by atoms with E-state index in [1.54, 1.807) is 28.8 Å². The van der Waals surface area contributed by atoms with Gasteiger partial charge in [-0.05, 0) is 43.2 Å². The highest BCUT2D eigenvalue weighted by molar-refractivity contribution is 5.84. The number of hydrogen-bond donors (Lipinski definition) is 1. The maximum atomic E-state index is 13.6. The summed E-state index contributed by atoms with van der Waals surface area (Å²) in [7, 11) is 0. The summed E-state index contributed by atoms with van der Waals surface area (Å²) in [4.78, 5) is 16.3. The molecule has 0 amide bonds. The van der Waals surface area contributed by atoms with Crippen molar-refractivity contribution in [3.05, 3.63) is 48.0 Å². The molecule has 23 heavy (non-hydrogen) atoms. The smallest absolute Gasteiger partial charge is 0.165 e. The van der Waals surface area contributed by atoms with Gasteiger partial charge in [0.1, 0.15) is 5.78 Å². The van der Waals surface area contributed by atoms with E-state index < -0.39 is 11.6 Å². The second-order valence-corrected chi connectivity index (χ2v) is 5.79. The average Bonchev–Trinajstić information content (AvgIpc) is 3.30. The second kappa shape index (κ2) is 5.15. The van der Waals surface area contributed by atoms with Gasteiger partial charge in [-0.2, -0.15) is 5.10 Å². The van der Waals surface area contributed by atoms with Gasteiger partial charge < -0.3 is 5.11 Å².